The number of carboxylic acid groups (broad SMARTS) is 1. The third-order valence-corrected chi connectivity index (χ3v) is 2.51. The van der Waals surface area contributed by atoms with E-state index in [0.29, 0.717) is 0 Å². The molecule has 0 aliphatic rings. The second-order valence-electron chi connectivity index (χ2n) is 4.57. The first-order valence-corrected chi connectivity index (χ1v) is 6.29. The number of methoxy groups -OCH3 is 1. The lowest BCUT2D eigenvalue weighted by atomic mass is 10.2. The summed E-state index contributed by atoms with van der Waals surface area (Å²) in [6.07, 6.45) is -0.242. The molecule has 0 saturated heterocycles. The van der Waals surface area contributed by atoms with Crippen molar-refractivity contribution in [2.75, 3.05) is 19.0 Å². The Morgan fingerprint density at radius 3 is 2.62 bits per heavy atom. The van der Waals surface area contributed by atoms with Gasteiger partial charge in [-0.1, -0.05) is 6.07 Å². The number of hydrogen-bond acceptors (Lipinski definition) is 6. The van der Waals surface area contributed by atoms with Crippen molar-refractivity contribution in [2.24, 2.45) is 0 Å². The van der Waals surface area contributed by atoms with E-state index in [1.54, 1.807) is 19.9 Å². The minimum absolute atomic E-state index is 0.0719. The molecule has 0 fully saturated rings. The van der Waals surface area contributed by atoms with Crippen LogP contribution in [0.5, 0.6) is 5.75 Å². The smallest absolute Gasteiger partial charge is 0.333 e. The lowest BCUT2D eigenvalue weighted by Crippen LogP contribution is -2.33. The molecule has 1 aromatic rings. The topological polar surface area (TPSA) is 111 Å². The maximum absolute atomic E-state index is 11.2. The lowest BCUT2D eigenvalue weighted by molar-refractivity contribution is -0.385. The summed E-state index contributed by atoms with van der Waals surface area (Å²) >= 11 is 0. The summed E-state index contributed by atoms with van der Waals surface area (Å²) in [7, 11) is 1.35. The van der Waals surface area contributed by atoms with Crippen molar-refractivity contribution in [1.82, 2.24) is 0 Å². The van der Waals surface area contributed by atoms with Crippen molar-refractivity contribution in [3.05, 3.63) is 28.3 Å². The average molecular weight is 298 g/mol. The van der Waals surface area contributed by atoms with Gasteiger partial charge in [-0.15, -0.1) is 0 Å². The third kappa shape index (κ3) is 4.60. The number of carboxylic acids is 1. The van der Waals surface area contributed by atoms with Crippen molar-refractivity contribution < 1.29 is 24.3 Å². The van der Waals surface area contributed by atoms with E-state index in [1.807, 2.05) is 0 Å². The highest BCUT2D eigenvalue weighted by Gasteiger charge is 2.26. The molecule has 0 aromatic heterocycles. The maximum atomic E-state index is 11.2. The molecule has 8 heteroatoms. The maximum Gasteiger partial charge on any atom is 0.333 e. The zero-order valence-corrected chi connectivity index (χ0v) is 12.0. The number of anilines is 1. The molecule has 1 unspecified atom stereocenters. The first kappa shape index (κ1) is 16.7. The Balaban J connectivity index is 3.16. The molecular weight excluding hydrogens is 280 g/mol. The molecule has 0 heterocycles. The van der Waals surface area contributed by atoms with Crippen molar-refractivity contribution >= 4 is 17.3 Å². The first-order valence-electron chi connectivity index (χ1n) is 6.29. The molecule has 1 aromatic carbocycles. The molecule has 0 aliphatic heterocycles. The van der Waals surface area contributed by atoms with Crippen LogP contribution in [0.15, 0.2) is 18.2 Å². The summed E-state index contributed by atoms with van der Waals surface area (Å²) in [6, 6.07) is 3.36. The highest BCUT2D eigenvalue weighted by atomic mass is 16.6. The van der Waals surface area contributed by atoms with Gasteiger partial charge in [0.25, 0.3) is 0 Å². The first-order chi connectivity index (χ1) is 9.86. The minimum Gasteiger partial charge on any atom is -0.484 e. The van der Waals surface area contributed by atoms with Gasteiger partial charge in [0, 0.05) is 7.11 Å². The third-order valence-electron chi connectivity index (χ3n) is 2.51. The fourth-order valence-corrected chi connectivity index (χ4v) is 1.71. The largest absolute Gasteiger partial charge is 0.484 e. The molecule has 2 N–H and O–H groups in total. The Kier molecular flexibility index (Phi) is 5.92. The van der Waals surface area contributed by atoms with Gasteiger partial charge in [-0.05, 0) is 26.0 Å². The Morgan fingerprint density at radius 2 is 2.14 bits per heavy atom. The van der Waals surface area contributed by atoms with E-state index < -0.39 is 16.9 Å². The molecule has 0 radical (unpaired) electrons. The zero-order valence-electron chi connectivity index (χ0n) is 12.0. The number of nitrogens with one attached hydrogen (secondary N) is 1. The van der Waals surface area contributed by atoms with Gasteiger partial charge >= 0.3 is 11.7 Å². The van der Waals surface area contributed by atoms with Crippen LogP contribution in [-0.4, -0.2) is 41.9 Å². The molecule has 21 heavy (non-hydrogen) atoms. The highest BCUT2D eigenvalue weighted by molar-refractivity contribution is 5.80. The quantitative estimate of drug-likeness (QED) is 0.557. The Labute approximate surface area is 121 Å². The molecule has 1 atom stereocenters. The second-order valence-corrected chi connectivity index (χ2v) is 4.57. The molecule has 0 saturated carbocycles. The van der Waals surface area contributed by atoms with Crippen LogP contribution in [0, 0.1) is 10.1 Å². The van der Waals surface area contributed by atoms with E-state index >= 15 is 0 Å². The van der Waals surface area contributed by atoms with E-state index in [0.717, 1.165) is 0 Å². The number of carbonyl (C=O) groups is 1. The predicted octanol–water partition coefficient (Wildman–Crippen LogP) is 1.89. The Morgan fingerprint density at radius 1 is 1.48 bits per heavy atom. The van der Waals surface area contributed by atoms with Gasteiger partial charge in [0.2, 0.25) is 0 Å². The summed E-state index contributed by atoms with van der Waals surface area (Å²) in [4.78, 5) is 21.7. The van der Waals surface area contributed by atoms with Crippen LogP contribution in [0.3, 0.4) is 0 Å². The summed E-state index contributed by atoms with van der Waals surface area (Å²) in [5.74, 6) is -1.08. The fraction of sp³-hybridized carbons (Fsp3) is 0.462. The predicted molar refractivity (Wildman–Crippen MR) is 75.8 cm³/mol. The van der Waals surface area contributed by atoms with Gasteiger partial charge < -0.3 is 19.9 Å². The number of nitro groups is 1. The summed E-state index contributed by atoms with van der Waals surface area (Å²) < 4.78 is 10.2. The van der Waals surface area contributed by atoms with Gasteiger partial charge in [-0.2, -0.15) is 0 Å². The number of para-hydroxylation sites is 1. The molecule has 8 nitrogen and oxygen atoms in total. The molecule has 0 aliphatic carbocycles. The number of rotatable bonds is 8. The van der Waals surface area contributed by atoms with Crippen molar-refractivity contribution in [2.45, 2.75) is 26.0 Å². The van der Waals surface area contributed by atoms with Crippen LogP contribution in [0.25, 0.3) is 0 Å². The van der Waals surface area contributed by atoms with Crippen molar-refractivity contribution in [3.8, 4) is 5.75 Å². The minimum atomic E-state index is -1.17. The van der Waals surface area contributed by atoms with E-state index in [-0.39, 0.29) is 29.8 Å². The van der Waals surface area contributed by atoms with E-state index in [2.05, 4.69) is 5.32 Å². The van der Waals surface area contributed by atoms with Gasteiger partial charge in [0.1, 0.15) is 11.7 Å². The number of hydrogen-bond donors (Lipinski definition) is 2. The van der Waals surface area contributed by atoms with Crippen molar-refractivity contribution in [3.63, 3.8) is 0 Å². The summed E-state index contributed by atoms with van der Waals surface area (Å²) in [5, 5.41) is 22.9. The monoisotopic (exact) mass is 298 g/mol. The molecule has 0 amide bonds. The Hall–Kier alpha value is -2.35. The molecule has 1 rings (SSSR count). The van der Waals surface area contributed by atoms with Crippen LogP contribution in [0.4, 0.5) is 11.4 Å². The van der Waals surface area contributed by atoms with Gasteiger partial charge in [0.15, 0.2) is 5.75 Å². The van der Waals surface area contributed by atoms with Crippen LogP contribution in [0.1, 0.15) is 13.8 Å². The van der Waals surface area contributed by atoms with E-state index in [1.165, 1.54) is 19.2 Å². The lowest BCUT2D eigenvalue weighted by Gasteiger charge is -2.17. The van der Waals surface area contributed by atoms with E-state index in [9.17, 15) is 14.9 Å². The van der Waals surface area contributed by atoms with Gasteiger partial charge in [0.05, 0.1) is 17.6 Å². The zero-order chi connectivity index (χ0) is 16.0. The number of ether oxygens (including phenoxy) is 2. The standard InChI is InChI=1S/C13H18N2O6/c1-8(2)21-11-6-4-5-9(12(11)15(18)19)14-10(7-20-3)13(16)17/h4-6,8,10,14H,7H2,1-3H3,(H,16,17). The number of nitrogens with zero attached hydrogens (tertiary/aromatic N) is 1. The molecule has 0 spiro atoms. The normalized spacial score (nSPS) is 12.0. The van der Waals surface area contributed by atoms with Gasteiger partial charge in [-0.25, -0.2) is 4.79 Å². The SMILES string of the molecule is COCC(Nc1cccc(OC(C)C)c1[N+](=O)[O-])C(=O)O. The fourth-order valence-electron chi connectivity index (χ4n) is 1.71. The van der Waals surface area contributed by atoms with Gasteiger partial charge in [-0.3, -0.25) is 10.1 Å². The van der Waals surface area contributed by atoms with Crippen LogP contribution in [-0.2, 0) is 9.53 Å². The number of aliphatic carboxylic acids is 1. The highest BCUT2D eigenvalue weighted by Crippen LogP contribution is 2.35. The summed E-state index contributed by atoms with van der Waals surface area (Å²) in [5.41, 5.74) is -0.226. The van der Waals surface area contributed by atoms with Crippen LogP contribution < -0.4 is 10.1 Å². The van der Waals surface area contributed by atoms with Crippen molar-refractivity contribution in [1.29, 1.82) is 0 Å². The van der Waals surface area contributed by atoms with E-state index in [4.69, 9.17) is 14.6 Å². The molecular formula is C13H18N2O6. The average Bonchev–Trinajstić information content (AvgIpc) is 2.37. The summed E-state index contributed by atoms with van der Waals surface area (Å²) in [6.45, 7) is 3.37. The Bertz CT molecular complexity index is 517. The molecule has 116 valence electrons. The van der Waals surface area contributed by atoms with Crippen LogP contribution in [0.2, 0.25) is 0 Å². The second kappa shape index (κ2) is 7.44. The van der Waals surface area contributed by atoms with Crippen LogP contribution >= 0.6 is 0 Å². The molecule has 0 bridgehead atoms. The number of nitro benzene ring substituents is 1. The number of benzene rings is 1.